The van der Waals surface area contributed by atoms with Crippen LogP contribution in [0.3, 0.4) is 0 Å². The summed E-state index contributed by atoms with van der Waals surface area (Å²) in [5.41, 5.74) is 0.793. The van der Waals surface area contributed by atoms with Crippen molar-refractivity contribution < 1.29 is 0 Å². The summed E-state index contributed by atoms with van der Waals surface area (Å²) < 4.78 is 0. The van der Waals surface area contributed by atoms with Crippen molar-refractivity contribution in [2.75, 3.05) is 6.16 Å². The second kappa shape index (κ2) is 2.97. The van der Waals surface area contributed by atoms with Crippen molar-refractivity contribution >= 4 is 7.92 Å². The molecule has 0 bridgehead atoms. The minimum atomic E-state index is 0.226. The highest BCUT2D eigenvalue weighted by Crippen LogP contribution is 2.74. The van der Waals surface area contributed by atoms with Crippen LogP contribution in [0.15, 0.2) is 0 Å². The first kappa shape index (κ1) is 10.9. The van der Waals surface area contributed by atoms with E-state index in [0.29, 0.717) is 10.3 Å². The molecule has 0 nitrogen and oxygen atoms in total. The van der Waals surface area contributed by atoms with Gasteiger partial charge in [0.2, 0.25) is 0 Å². The van der Waals surface area contributed by atoms with E-state index in [4.69, 9.17) is 0 Å². The predicted octanol–water partition coefficient (Wildman–Crippen LogP) is 4.62. The number of hydrogen-bond acceptors (Lipinski definition) is 0. The zero-order chi connectivity index (χ0) is 10.6. The van der Waals surface area contributed by atoms with Crippen LogP contribution in [0, 0.1) is 5.41 Å². The van der Waals surface area contributed by atoms with Gasteiger partial charge in [-0.3, -0.25) is 0 Å². The predicted molar refractivity (Wildman–Crippen MR) is 66.5 cm³/mol. The maximum absolute atomic E-state index is 2.53. The SMILES string of the molecule is CCP1C(C)(C)CC2(CC2)CC1(C)C. The molecule has 1 spiro atoms. The van der Waals surface area contributed by atoms with Gasteiger partial charge >= 0.3 is 0 Å². The largest absolute Gasteiger partial charge is 0.0953 e. The van der Waals surface area contributed by atoms with E-state index in [-0.39, 0.29) is 7.92 Å². The van der Waals surface area contributed by atoms with E-state index >= 15 is 0 Å². The van der Waals surface area contributed by atoms with Crippen molar-refractivity contribution in [1.29, 1.82) is 0 Å². The van der Waals surface area contributed by atoms with Gasteiger partial charge in [0.15, 0.2) is 0 Å². The van der Waals surface area contributed by atoms with E-state index in [1.54, 1.807) is 0 Å². The lowest BCUT2D eigenvalue weighted by molar-refractivity contribution is 0.315. The summed E-state index contributed by atoms with van der Waals surface area (Å²) in [5.74, 6) is 0. The fraction of sp³-hybridized carbons (Fsp3) is 1.00. The third kappa shape index (κ3) is 1.64. The smallest absolute Gasteiger partial charge is 0.0141 e. The van der Waals surface area contributed by atoms with Gasteiger partial charge in [-0.2, -0.15) is 0 Å². The van der Waals surface area contributed by atoms with Crippen LogP contribution in [0.5, 0.6) is 0 Å². The molecule has 14 heavy (non-hydrogen) atoms. The Bertz CT molecular complexity index is 216. The molecule has 0 amide bonds. The quantitative estimate of drug-likeness (QED) is 0.556. The maximum Gasteiger partial charge on any atom is -0.0141 e. The second-order valence-electron chi connectivity index (χ2n) is 6.72. The lowest BCUT2D eigenvalue weighted by atomic mass is 9.84. The lowest BCUT2D eigenvalue weighted by Crippen LogP contribution is -2.41. The molecule has 0 N–H and O–H groups in total. The van der Waals surface area contributed by atoms with Crippen molar-refractivity contribution in [1.82, 2.24) is 0 Å². The van der Waals surface area contributed by atoms with Crippen LogP contribution >= 0.6 is 7.92 Å². The molecule has 82 valence electrons. The van der Waals surface area contributed by atoms with E-state index in [0.717, 1.165) is 5.41 Å². The highest BCUT2D eigenvalue weighted by atomic mass is 31.1. The van der Waals surface area contributed by atoms with Crippen LogP contribution in [0.1, 0.15) is 60.3 Å². The van der Waals surface area contributed by atoms with Crippen LogP contribution < -0.4 is 0 Å². The average Bonchev–Trinajstić information content (AvgIpc) is 2.63. The first-order valence-electron chi connectivity index (χ1n) is 6.09. The van der Waals surface area contributed by atoms with Gasteiger partial charge in [-0.25, -0.2) is 0 Å². The van der Waals surface area contributed by atoms with Gasteiger partial charge in [0.05, 0.1) is 0 Å². The Morgan fingerprint density at radius 2 is 1.36 bits per heavy atom. The van der Waals surface area contributed by atoms with Crippen molar-refractivity contribution in [2.45, 2.75) is 70.6 Å². The van der Waals surface area contributed by atoms with Gasteiger partial charge < -0.3 is 0 Å². The molecular weight excluding hydrogens is 187 g/mol. The molecular formula is C13H25P. The highest BCUT2D eigenvalue weighted by molar-refractivity contribution is 7.60. The Morgan fingerprint density at radius 3 is 1.64 bits per heavy atom. The van der Waals surface area contributed by atoms with Crippen molar-refractivity contribution in [3.63, 3.8) is 0 Å². The summed E-state index contributed by atoms with van der Waals surface area (Å²) >= 11 is 0. The standard InChI is InChI=1S/C13H25P/c1-6-14-11(2,3)9-13(7-8-13)10-12(14,4)5/h6-10H2,1-5H3. The van der Waals surface area contributed by atoms with Crippen molar-refractivity contribution in [3.05, 3.63) is 0 Å². The molecule has 2 aliphatic rings. The van der Waals surface area contributed by atoms with Crippen LogP contribution in [-0.4, -0.2) is 16.5 Å². The van der Waals surface area contributed by atoms with Gasteiger partial charge in [-0.05, 0) is 47.6 Å². The van der Waals surface area contributed by atoms with E-state index in [1.165, 1.54) is 31.8 Å². The molecule has 1 saturated heterocycles. The molecule has 0 unspecified atom stereocenters. The van der Waals surface area contributed by atoms with Crippen LogP contribution in [0.25, 0.3) is 0 Å². The summed E-state index contributed by atoms with van der Waals surface area (Å²) in [7, 11) is 0.226. The first-order valence-corrected chi connectivity index (χ1v) is 7.62. The third-order valence-electron chi connectivity index (χ3n) is 4.35. The van der Waals surface area contributed by atoms with E-state index < -0.39 is 0 Å². The van der Waals surface area contributed by atoms with Crippen molar-refractivity contribution in [3.8, 4) is 0 Å². The van der Waals surface area contributed by atoms with Gasteiger partial charge in [0.25, 0.3) is 0 Å². The molecule has 0 aromatic rings. The summed E-state index contributed by atoms with van der Waals surface area (Å²) in [4.78, 5) is 0. The highest BCUT2D eigenvalue weighted by Gasteiger charge is 2.57. The lowest BCUT2D eigenvalue weighted by Gasteiger charge is -2.53. The Labute approximate surface area is 90.6 Å². The minimum absolute atomic E-state index is 0.226. The Morgan fingerprint density at radius 1 is 0.929 bits per heavy atom. The zero-order valence-electron chi connectivity index (χ0n) is 10.5. The van der Waals surface area contributed by atoms with Gasteiger partial charge in [0, 0.05) is 0 Å². The Balaban J connectivity index is 2.26. The zero-order valence-corrected chi connectivity index (χ0v) is 11.4. The molecule has 2 rings (SSSR count). The number of hydrogen-bond donors (Lipinski definition) is 0. The molecule has 1 heteroatoms. The van der Waals surface area contributed by atoms with Gasteiger partial charge in [-0.15, -0.1) is 0 Å². The summed E-state index contributed by atoms with van der Waals surface area (Å²) in [6, 6.07) is 0. The van der Waals surface area contributed by atoms with Crippen LogP contribution in [0.2, 0.25) is 0 Å². The number of rotatable bonds is 1. The van der Waals surface area contributed by atoms with Crippen molar-refractivity contribution in [2.24, 2.45) is 5.41 Å². The van der Waals surface area contributed by atoms with Gasteiger partial charge in [-0.1, -0.05) is 42.5 Å². The summed E-state index contributed by atoms with van der Waals surface area (Å²) in [6.07, 6.45) is 7.50. The second-order valence-corrected chi connectivity index (χ2v) is 10.6. The monoisotopic (exact) mass is 212 g/mol. The topological polar surface area (TPSA) is 0 Å². The Hall–Kier alpha value is 0.430. The molecule has 1 aliphatic heterocycles. The fourth-order valence-electron chi connectivity index (χ4n) is 4.29. The third-order valence-corrected chi connectivity index (χ3v) is 8.22. The summed E-state index contributed by atoms with van der Waals surface area (Å²) in [6.45, 7) is 12.5. The molecule has 0 aromatic heterocycles. The normalized spacial score (nSPS) is 33.2. The van der Waals surface area contributed by atoms with Gasteiger partial charge in [0.1, 0.15) is 0 Å². The molecule has 0 aromatic carbocycles. The first-order chi connectivity index (χ1) is 6.31. The van der Waals surface area contributed by atoms with E-state index in [1.807, 2.05) is 0 Å². The fourth-order valence-corrected chi connectivity index (χ4v) is 8.70. The maximum atomic E-state index is 2.53. The Kier molecular flexibility index (Phi) is 2.32. The molecule has 2 fully saturated rings. The van der Waals surface area contributed by atoms with E-state index in [9.17, 15) is 0 Å². The molecule has 1 heterocycles. The van der Waals surface area contributed by atoms with Crippen LogP contribution in [-0.2, 0) is 0 Å². The molecule has 0 atom stereocenters. The molecule has 0 radical (unpaired) electrons. The molecule has 1 aliphatic carbocycles. The van der Waals surface area contributed by atoms with Crippen LogP contribution in [0.4, 0.5) is 0 Å². The average molecular weight is 212 g/mol. The molecule has 1 saturated carbocycles. The minimum Gasteiger partial charge on any atom is -0.0953 e. The summed E-state index contributed by atoms with van der Waals surface area (Å²) in [5, 5.41) is 1.28. The van der Waals surface area contributed by atoms with E-state index in [2.05, 4.69) is 34.6 Å².